The topological polar surface area (TPSA) is 104 Å². The SMILES string of the molecule is CCCN1C(=O)[C@H]2[C@H](CC=C3[C@H]2C[C@@]2(Cl)C(=O)N(c4c(F)c(F)c(F)c(F)c4F)C(=O)[C@@]2(Cl)[C@H]3c2cccc(OC)c2O)C1=O. The van der Waals surface area contributed by atoms with Crippen molar-refractivity contribution in [3.8, 4) is 11.5 Å². The highest BCUT2D eigenvalue weighted by Crippen LogP contribution is 2.67. The quantitative estimate of drug-likeness (QED) is 0.119. The summed E-state index contributed by atoms with van der Waals surface area (Å²) in [7, 11) is 1.23. The van der Waals surface area contributed by atoms with Crippen molar-refractivity contribution in [3.63, 3.8) is 0 Å². The van der Waals surface area contributed by atoms with E-state index in [2.05, 4.69) is 0 Å². The molecule has 6 rings (SSSR count). The van der Waals surface area contributed by atoms with Gasteiger partial charge in [-0.15, -0.1) is 23.2 Å². The molecule has 4 amide bonds. The van der Waals surface area contributed by atoms with E-state index in [0.29, 0.717) is 6.42 Å². The number of halogens is 7. The van der Waals surface area contributed by atoms with Gasteiger partial charge in [0.1, 0.15) is 5.69 Å². The molecule has 45 heavy (non-hydrogen) atoms. The average molecular weight is 673 g/mol. The third kappa shape index (κ3) is 3.82. The van der Waals surface area contributed by atoms with Crippen molar-refractivity contribution >= 4 is 52.5 Å². The second-order valence-electron chi connectivity index (χ2n) is 11.4. The zero-order chi connectivity index (χ0) is 32.9. The van der Waals surface area contributed by atoms with Crippen molar-refractivity contribution in [2.24, 2.45) is 17.8 Å². The summed E-state index contributed by atoms with van der Waals surface area (Å²) >= 11 is 14.1. The van der Waals surface area contributed by atoms with Gasteiger partial charge in [-0.1, -0.05) is 30.7 Å². The Labute approximate surface area is 262 Å². The molecule has 2 aromatic rings. The molecule has 0 radical (unpaired) electrons. The van der Waals surface area contributed by atoms with Crippen LogP contribution in [0.1, 0.15) is 37.7 Å². The van der Waals surface area contributed by atoms with Crippen LogP contribution in [0, 0.1) is 46.8 Å². The van der Waals surface area contributed by atoms with Crippen LogP contribution < -0.4 is 9.64 Å². The first-order valence-corrected chi connectivity index (χ1v) is 14.6. The first-order chi connectivity index (χ1) is 21.2. The van der Waals surface area contributed by atoms with Gasteiger partial charge in [-0.25, -0.2) is 26.9 Å². The number of methoxy groups -OCH3 is 1. The van der Waals surface area contributed by atoms with Crippen LogP contribution in [0.4, 0.5) is 27.6 Å². The molecule has 0 unspecified atom stereocenters. The Bertz CT molecular complexity index is 1730. The molecule has 2 aliphatic carbocycles. The van der Waals surface area contributed by atoms with Crippen LogP contribution in [0.5, 0.6) is 11.5 Å². The number of phenols is 1. The molecule has 4 aliphatic rings. The van der Waals surface area contributed by atoms with Crippen molar-refractivity contribution in [3.05, 3.63) is 64.5 Å². The first kappa shape index (κ1) is 31.3. The number of fused-ring (bicyclic) bond motifs is 4. The molecule has 2 saturated heterocycles. The van der Waals surface area contributed by atoms with Gasteiger partial charge in [0.05, 0.1) is 18.9 Å². The summed E-state index contributed by atoms with van der Waals surface area (Å²) in [5.41, 5.74) is -1.78. The third-order valence-corrected chi connectivity index (χ3v) is 10.7. The normalized spacial score (nSPS) is 30.8. The van der Waals surface area contributed by atoms with E-state index in [-0.39, 0.29) is 34.8 Å². The summed E-state index contributed by atoms with van der Waals surface area (Å²) in [6.45, 7) is 1.88. The number of rotatable bonds is 5. The molecule has 15 heteroatoms. The van der Waals surface area contributed by atoms with Gasteiger partial charge in [0.2, 0.25) is 17.6 Å². The maximum absolute atomic E-state index is 15.1. The Kier molecular flexibility index (Phi) is 7.24. The van der Waals surface area contributed by atoms with Crippen molar-refractivity contribution < 1.29 is 51.0 Å². The highest BCUT2D eigenvalue weighted by atomic mass is 35.5. The molecular formula is C30H23Cl2F5N2O6. The van der Waals surface area contributed by atoms with Gasteiger partial charge in [-0.05, 0) is 31.2 Å². The molecule has 2 heterocycles. The number of allylic oxidation sites excluding steroid dienone is 2. The number of para-hydroxylation sites is 1. The number of phenolic OH excluding ortho intramolecular Hbond substituents is 1. The van der Waals surface area contributed by atoms with Gasteiger partial charge in [-0.2, -0.15) is 0 Å². The largest absolute Gasteiger partial charge is 0.504 e. The third-order valence-electron chi connectivity index (χ3n) is 9.32. The fraction of sp³-hybridized carbons (Fsp3) is 0.400. The lowest BCUT2D eigenvalue weighted by Crippen LogP contribution is -2.60. The highest BCUT2D eigenvalue weighted by molar-refractivity contribution is 6.58. The molecular weight excluding hydrogens is 650 g/mol. The van der Waals surface area contributed by atoms with Crippen molar-refractivity contribution in [2.45, 2.75) is 41.9 Å². The molecule has 1 saturated carbocycles. The van der Waals surface area contributed by atoms with Gasteiger partial charge in [-0.3, -0.25) is 24.1 Å². The van der Waals surface area contributed by atoms with Crippen molar-refractivity contribution in [1.82, 2.24) is 4.90 Å². The van der Waals surface area contributed by atoms with Crippen LogP contribution in [-0.4, -0.2) is 57.0 Å². The number of amides is 4. The van der Waals surface area contributed by atoms with Crippen LogP contribution in [0.25, 0.3) is 0 Å². The lowest BCUT2D eigenvalue weighted by molar-refractivity contribution is -0.140. The number of hydrogen-bond acceptors (Lipinski definition) is 6. The van der Waals surface area contributed by atoms with Gasteiger partial charge >= 0.3 is 0 Å². The first-order valence-electron chi connectivity index (χ1n) is 13.9. The summed E-state index contributed by atoms with van der Waals surface area (Å²) in [5.74, 6) is -21.8. The number of likely N-dealkylation sites (tertiary alicyclic amines) is 1. The summed E-state index contributed by atoms with van der Waals surface area (Å²) < 4.78 is 77.9. The number of benzene rings is 2. The van der Waals surface area contributed by atoms with Crippen LogP contribution >= 0.6 is 23.2 Å². The minimum absolute atomic E-state index is 0.00820. The molecule has 8 nitrogen and oxygen atoms in total. The van der Waals surface area contributed by atoms with E-state index in [1.165, 1.54) is 25.3 Å². The van der Waals surface area contributed by atoms with E-state index in [4.69, 9.17) is 27.9 Å². The summed E-state index contributed by atoms with van der Waals surface area (Å²) in [6, 6.07) is 4.10. The van der Waals surface area contributed by atoms with E-state index < -0.39 is 104 Å². The van der Waals surface area contributed by atoms with E-state index in [1.54, 1.807) is 13.0 Å². The van der Waals surface area contributed by atoms with Crippen LogP contribution in [0.2, 0.25) is 0 Å². The monoisotopic (exact) mass is 672 g/mol. The van der Waals surface area contributed by atoms with E-state index >= 15 is 8.78 Å². The number of hydrogen-bond donors (Lipinski definition) is 1. The number of imide groups is 2. The van der Waals surface area contributed by atoms with Crippen LogP contribution in [-0.2, 0) is 19.2 Å². The smallest absolute Gasteiger partial charge is 0.258 e. The van der Waals surface area contributed by atoms with Crippen LogP contribution in [0.15, 0.2) is 29.8 Å². The number of carbonyl (C=O) groups excluding carboxylic acids is 4. The minimum Gasteiger partial charge on any atom is -0.504 e. The Morgan fingerprint density at radius 1 is 0.933 bits per heavy atom. The van der Waals surface area contributed by atoms with Gasteiger partial charge in [0.25, 0.3) is 11.8 Å². The molecule has 0 aromatic heterocycles. The van der Waals surface area contributed by atoms with Gasteiger partial charge < -0.3 is 9.84 Å². The number of ether oxygens (including phenoxy) is 1. The molecule has 1 N–H and O–H groups in total. The Morgan fingerprint density at radius 3 is 2.16 bits per heavy atom. The molecule has 2 aliphatic heterocycles. The highest BCUT2D eigenvalue weighted by Gasteiger charge is 2.77. The Morgan fingerprint density at radius 2 is 1.56 bits per heavy atom. The number of carbonyl (C=O) groups is 4. The summed E-state index contributed by atoms with van der Waals surface area (Å²) in [5, 5.41) is 11.2. The van der Waals surface area contributed by atoms with Gasteiger partial charge in [0.15, 0.2) is 44.5 Å². The fourth-order valence-electron chi connectivity index (χ4n) is 7.36. The number of anilines is 1. The molecule has 0 bridgehead atoms. The average Bonchev–Trinajstić information content (AvgIpc) is 3.34. The Hall–Kier alpha value is -3.71. The Balaban J connectivity index is 1.61. The second kappa shape index (κ2) is 10.4. The number of nitrogens with zero attached hydrogens (tertiary/aromatic N) is 2. The summed E-state index contributed by atoms with van der Waals surface area (Å²) in [6.07, 6.45) is 1.39. The lowest BCUT2D eigenvalue weighted by Gasteiger charge is -2.50. The van der Waals surface area contributed by atoms with E-state index in [9.17, 15) is 37.5 Å². The van der Waals surface area contributed by atoms with Crippen molar-refractivity contribution in [2.75, 3.05) is 18.6 Å². The fourth-order valence-corrected chi connectivity index (χ4v) is 8.29. The molecule has 238 valence electrons. The standard InChI is InChI=1S/C30H23Cl2F5N2O6/c1-3-9-38-25(41)12-8-7-11-14(16(12)26(38)42)10-29(31)27(43)39(23-21(36)19(34)18(33)20(35)22(23)37)28(44)30(29,32)17(11)13-5-4-6-15(45-2)24(13)40/h4-7,12,14,16-17,40H,3,8-10H2,1-2H3/t12-,14+,16-,17+,29+,30-/m0/s1. The molecule has 2 aromatic carbocycles. The summed E-state index contributed by atoms with van der Waals surface area (Å²) in [4.78, 5) is 50.7. The minimum atomic E-state index is -2.74. The van der Waals surface area contributed by atoms with E-state index in [0.717, 1.165) is 4.90 Å². The van der Waals surface area contributed by atoms with Crippen LogP contribution in [0.3, 0.4) is 0 Å². The number of aromatic hydroxyl groups is 1. The zero-order valence-electron chi connectivity index (χ0n) is 23.5. The lowest BCUT2D eigenvalue weighted by atomic mass is 9.56. The zero-order valence-corrected chi connectivity index (χ0v) is 25.0. The predicted octanol–water partition coefficient (Wildman–Crippen LogP) is 5.07. The van der Waals surface area contributed by atoms with Gasteiger partial charge in [0, 0.05) is 18.0 Å². The number of alkyl halides is 2. The molecule has 3 fully saturated rings. The molecule has 0 spiro atoms. The molecule has 6 atom stereocenters. The predicted molar refractivity (Wildman–Crippen MR) is 148 cm³/mol. The second-order valence-corrected chi connectivity index (χ2v) is 12.7. The maximum atomic E-state index is 15.1. The van der Waals surface area contributed by atoms with E-state index in [1.807, 2.05) is 0 Å². The van der Waals surface area contributed by atoms with Crippen molar-refractivity contribution in [1.29, 1.82) is 0 Å². The maximum Gasteiger partial charge on any atom is 0.258 e.